The normalized spacial score (nSPS) is 11.8. The van der Waals surface area contributed by atoms with E-state index in [0.717, 1.165) is 4.90 Å². The fourth-order valence-corrected chi connectivity index (χ4v) is 3.25. The number of imide groups is 1. The van der Waals surface area contributed by atoms with Crippen LogP contribution in [0.1, 0.15) is 51.9 Å². The number of nitrogens with zero attached hydrogens (tertiary/aromatic N) is 5. The van der Waals surface area contributed by atoms with Gasteiger partial charge in [-0.2, -0.15) is 9.88 Å². The van der Waals surface area contributed by atoms with Crippen molar-refractivity contribution < 1.29 is 19.1 Å². The van der Waals surface area contributed by atoms with Gasteiger partial charge in [0.25, 0.3) is 5.95 Å². The Morgan fingerprint density at radius 2 is 1.63 bits per heavy atom. The van der Waals surface area contributed by atoms with Crippen molar-refractivity contribution in [2.75, 3.05) is 12.0 Å². The molecule has 0 aliphatic heterocycles. The topological polar surface area (TPSA) is 131 Å². The van der Waals surface area contributed by atoms with Crippen molar-refractivity contribution in [1.29, 1.82) is 0 Å². The summed E-state index contributed by atoms with van der Waals surface area (Å²) in [6.45, 7) is 10.8. The molecule has 35 heavy (non-hydrogen) atoms. The van der Waals surface area contributed by atoms with E-state index in [9.17, 15) is 14.4 Å². The Labute approximate surface area is 207 Å². The lowest BCUT2D eigenvalue weighted by Crippen LogP contribution is -2.56. The first-order valence-corrected chi connectivity index (χ1v) is 11.1. The predicted octanol–water partition coefficient (Wildman–Crippen LogP) is 4.05. The SMILES string of the molecule is COC(=O)c1cnc(Cl)c(-c2ccn3nc(N(C(=O)NC(C)(C)C)C(=O)NC(C)(C)C)nc3c2)c1. The molecule has 4 amide bonds. The number of carbonyl (C=O) groups excluding carboxylic acids is 3. The van der Waals surface area contributed by atoms with E-state index in [1.54, 1.807) is 65.9 Å². The highest BCUT2D eigenvalue weighted by atomic mass is 35.5. The highest BCUT2D eigenvalue weighted by molar-refractivity contribution is 6.32. The average molecular weight is 502 g/mol. The Bertz CT molecular complexity index is 1260. The number of carbonyl (C=O) groups is 3. The van der Waals surface area contributed by atoms with Crippen molar-refractivity contribution in [3.8, 4) is 11.1 Å². The minimum absolute atomic E-state index is 0.113. The second kappa shape index (κ2) is 9.49. The van der Waals surface area contributed by atoms with Crippen LogP contribution < -0.4 is 15.5 Å². The van der Waals surface area contributed by atoms with Crippen molar-refractivity contribution in [3.63, 3.8) is 0 Å². The summed E-state index contributed by atoms with van der Waals surface area (Å²) in [5, 5.41) is 10.0. The van der Waals surface area contributed by atoms with Crippen LogP contribution in [0.5, 0.6) is 0 Å². The highest BCUT2D eigenvalue weighted by Crippen LogP contribution is 2.28. The summed E-state index contributed by atoms with van der Waals surface area (Å²) in [7, 11) is 1.28. The summed E-state index contributed by atoms with van der Waals surface area (Å²) in [6, 6.07) is 3.57. The average Bonchev–Trinajstić information content (AvgIpc) is 3.13. The Kier molecular flexibility index (Phi) is 7.02. The van der Waals surface area contributed by atoms with Crippen LogP contribution in [0, 0.1) is 0 Å². The molecule has 3 aromatic heterocycles. The van der Waals surface area contributed by atoms with Gasteiger partial charge >= 0.3 is 18.0 Å². The second-order valence-electron chi connectivity index (χ2n) is 9.88. The molecule has 2 N–H and O–H groups in total. The number of ether oxygens (including phenoxy) is 1. The number of hydrogen-bond donors (Lipinski definition) is 2. The molecule has 0 aromatic carbocycles. The first-order chi connectivity index (χ1) is 16.2. The van der Waals surface area contributed by atoms with Gasteiger partial charge in [-0.3, -0.25) is 0 Å². The summed E-state index contributed by atoms with van der Waals surface area (Å²) in [5.74, 6) is -0.662. The van der Waals surface area contributed by atoms with E-state index in [1.165, 1.54) is 17.8 Å². The van der Waals surface area contributed by atoms with Crippen molar-refractivity contribution >= 4 is 41.2 Å². The van der Waals surface area contributed by atoms with Gasteiger partial charge in [0, 0.05) is 29.0 Å². The summed E-state index contributed by atoms with van der Waals surface area (Å²) in [5.41, 5.74) is 0.460. The second-order valence-corrected chi connectivity index (χ2v) is 10.2. The Morgan fingerprint density at radius 3 is 2.17 bits per heavy atom. The number of nitrogens with one attached hydrogen (secondary N) is 2. The van der Waals surface area contributed by atoms with Gasteiger partial charge in [-0.05, 0) is 65.3 Å². The number of hydrogen-bond acceptors (Lipinski definition) is 7. The number of anilines is 1. The zero-order valence-corrected chi connectivity index (χ0v) is 21.4. The number of methoxy groups -OCH3 is 1. The molecule has 12 heteroatoms. The zero-order valence-electron chi connectivity index (χ0n) is 20.6. The summed E-state index contributed by atoms with van der Waals surface area (Å²) in [6.07, 6.45) is 2.93. The quantitative estimate of drug-likeness (QED) is 0.408. The molecule has 0 aliphatic carbocycles. The van der Waals surface area contributed by atoms with E-state index in [2.05, 4.69) is 25.7 Å². The van der Waals surface area contributed by atoms with E-state index in [4.69, 9.17) is 16.3 Å². The van der Waals surface area contributed by atoms with Gasteiger partial charge in [-0.15, -0.1) is 5.10 Å². The number of aromatic nitrogens is 4. The summed E-state index contributed by atoms with van der Waals surface area (Å²) in [4.78, 5) is 47.3. The van der Waals surface area contributed by atoms with E-state index in [-0.39, 0.29) is 16.7 Å². The molecular weight excluding hydrogens is 474 g/mol. The van der Waals surface area contributed by atoms with Crippen molar-refractivity contribution in [2.24, 2.45) is 0 Å². The largest absolute Gasteiger partial charge is 0.465 e. The Hall–Kier alpha value is -3.73. The first-order valence-electron chi connectivity index (χ1n) is 10.7. The maximum atomic E-state index is 13.0. The molecule has 186 valence electrons. The van der Waals surface area contributed by atoms with Crippen molar-refractivity contribution in [1.82, 2.24) is 30.2 Å². The lowest BCUT2D eigenvalue weighted by atomic mass is 10.1. The number of rotatable bonds is 3. The van der Waals surface area contributed by atoms with Crippen LogP contribution in [0.2, 0.25) is 5.15 Å². The van der Waals surface area contributed by atoms with Gasteiger partial charge in [-0.25, -0.2) is 23.9 Å². The van der Waals surface area contributed by atoms with E-state index < -0.39 is 29.1 Å². The number of halogens is 1. The predicted molar refractivity (Wildman–Crippen MR) is 132 cm³/mol. The van der Waals surface area contributed by atoms with Crippen LogP contribution in [0.15, 0.2) is 30.6 Å². The van der Waals surface area contributed by atoms with Crippen LogP contribution in [-0.2, 0) is 4.74 Å². The van der Waals surface area contributed by atoms with Crippen molar-refractivity contribution in [2.45, 2.75) is 52.6 Å². The molecule has 0 saturated carbocycles. The number of urea groups is 2. The van der Waals surface area contributed by atoms with Gasteiger partial charge in [0.1, 0.15) is 5.15 Å². The third-order valence-corrected chi connectivity index (χ3v) is 4.77. The van der Waals surface area contributed by atoms with Crippen LogP contribution in [0.25, 0.3) is 16.8 Å². The molecule has 0 bridgehead atoms. The van der Waals surface area contributed by atoms with Gasteiger partial charge in [-0.1, -0.05) is 11.6 Å². The summed E-state index contributed by atoms with van der Waals surface area (Å²) >= 11 is 6.27. The first kappa shape index (κ1) is 25.9. The Morgan fingerprint density at radius 1 is 1.03 bits per heavy atom. The molecule has 0 unspecified atom stereocenters. The number of esters is 1. The molecule has 0 saturated heterocycles. The lowest BCUT2D eigenvalue weighted by molar-refractivity contribution is 0.0600. The molecule has 0 spiro atoms. The van der Waals surface area contributed by atoms with Gasteiger partial charge in [0.2, 0.25) is 0 Å². The molecule has 11 nitrogen and oxygen atoms in total. The fourth-order valence-electron chi connectivity index (χ4n) is 3.04. The van der Waals surface area contributed by atoms with Gasteiger partial charge in [0.05, 0.1) is 12.7 Å². The van der Waals surface area contributed by atoms with Crippen LogP contribution >= 0.6 is 11.6 Å². The lowest BCUT2D eigenvalue weighted by Gasteiger charge is -2.28. The third-order valence-electron chi connectivity index (χ3n) is 4.47. The Balaban J connectivity index is 2.06. The molecule has 3 aromatic rings. The van der Waals surface area contributed by atoms with Gasteiger partial charge in [0.15, 0.2) is 5.65 Å². The van der Waals surface area contributed by atoms with Crippen LogP contribution in [-0.4, -0.2) is 55.8 Å². The minimum atomic E-state index is -0.673. The zero-order chi connectivity index (χ0) is 26.1. The number of fused-ring (bicyclic) bond motifs is 1. The smallest absolute Gasteiger partial charge is 0.339 e. The van der Waals surface area contributed by atoms with Crippen LogP contribution in [0.3, 0.4) is 0 Å². The summed E-state index contributed by atoms with van der Waals surface area (Å²) < 4.78 is 6.17. The monoisotopic (exact) mass is 501 g/mol. The number of pyridine rings is 2. The van der Waals surface area contributed by atoms with Crippen LogP contribution in [0.4, 0.5) is 15.5 Å². The number of amides is 4. The fraction of sp³-hybridized carbons (Fsp3) is 0.391. The molecule has 0 atom stereocenters. The van der Waals surface area contributed by atoms with Crippen molar-refractivity contribution in [3.05, 3.63) is 41.3 Å². The van der Waals surface area contributed by atoms with E-state index in [0.29, 0.717) is 16.8 Å². The van der Waals surface area contributed by atoms with Gasteiger partial charge < -0.3 is 15.4 Å². The molecular formula is C23H28ClN7O4. The molecule has 3 heterocycles. The highest BCUT2D eigenvalue weighted by Gasteiger charge is 2.32. The standard InChI is InChI=1S/C23H28ClN7O4/c1-22(2,3)27-20(33)31(21(34)28-23(4,5)6)19-26-16-11-13(8-9-30(16)29-19)15-10-14(18(32)35-7)12-25-17(15)24/h8-12H,1-7H3,(H,27,33)(H,28,34). The van der Waals surface area contributed by atoms with E-state index >= 15 is 0 Å². The maximum absolute atomic E-state index is 13.0. The molecule has 3 rings (SSSR count). The molecule has 0 aliphatic rings. The maximum Gasteiger partial charge on any atom is 0.339 e. The molecule has 0 fully saturated rings. The van der Waals surface area contributed by atoms with E-state index in [1.807, 2.05) is 0 Å². The third kappa shape index (κ3) is 6.24. The minimum Gasteiger partial charge on any atom is -0.465 e. The molecule has 0 radical (unpaired) electrons.